The van der Waals surface area contributed by atoms with Gasteiger partial charge in [-0.05, 0) is 25.0 Å². The van der Waals surface area contributed by atoms with Gasteiger partial charge in [-0.25, -0.2) is 9.78 Å². The monoisotopic (exact) mass is 450 g/mol. The number of carbonyl (C=O) groups is 2. The predicted octanol–water partition coefficient (Wildman–Crippen LogP) is 2.78. The average molecular weight is 450 g/mol. The summed E-state index contributed by atoms with van der Waals surface area (Å²) < 4.78 is 10.6. The molecule has 0 aliphatic rings. The maximum absolute atomic E-state index is 12.8. The third-order valence-electron chi connectivity index (χ3n) is 5.33. The van der Waals surface area contributed by atoms with E-state index < -0.39 is 35.4 Å². The van der Waals surface area contributed by atoms with Crippen molar-refractivity contribution in [2.24, 2.45) is 0 Å². The van der Waals surface area contributed by atoms with Gasteiger partial charge >= 0.3 is 5.97 Å². The largest absolute Gasteiger partial charge is 0.503 e. The molecule has 2 aromatic carbocycles. The number of hydrogen-bond donors (Lipinski definition) is 3. The van der Waals surface area contributed by atoms with Gasteiger partial charge < -0.3 is 25.0 Å². The Kier molecular flexibility index (Phi) is 7.30. The third kappa shape index (κ3) is 4.96. The van der Waals surface area contributed by atoms with E-state index in [0.717, 1.165) is 0 Å². The van der Waals surface area contributed by atoms with Crippen molar-refractivity contribution in [3.63, 3.8) is 0 Å². The molecule has 1 aromatic heterocycles. The van der Waals surface area contributed by atoms with Crippen molar-refractivity contribution >= 4 is 11.9 Å². The van der Waals surface area contributed by atoms with Gasteiger partial charge in [0.05, 0.1) is 7.11 Å². The first-order chi connectivity index (χ1) is 15.8. The minimum Gasteiger partial charge on any atom is -0.503 e. The fraction of sp³-hybridized carbons (Fsp3) is 0.240. The zero-order valence-electron chi connectivity index (χ0n) is 18.6. The lowest BCUT2D eigenvalue weighted by atomic mass is 9.82. The highest BCUT2D eigenvalue weighted by Crippen LogP contribution is 2.34. The van der Waals surface area contributed by atoms with Gasteiger partial charge in [-0.2, -0.15) is 0 Å². The topological polar surface area (TPSA) is 118 Å². The summed E-state index contributed by atoms with van der Waals surface area (Å²) in [5, 5.41) is 24.3. The van der Waals surface area contributed by atoms with Gasteiger partial charge in [0.25, 0.3) is 5.91 Å². The third-order valence-corrected chi connectivity index (χ3v) is 5.33. The maximum atomic E-state index is 12.8. The van der Waals surface area contributed by atoms with Gasteiger partial charge in [0.15, 0.2) is 22.8 Å². The summed E-state index contributed by atoms with van der Waals surface area (Å²) in [5.74, 6) is -1.89. The highest BCUT2D eigenvalue weighted by molar-refractivity contribution is 5.97. The van der Waals surface area contributed by atoms with Crippen LogP contribution in [0.3, 0.4) is 0 Å². The van der Waals surface area contributed by atoms with Crippen LogP contribution in [0.15, 0.2) is 72.9 Å². The molecule has 0 fully saturated rings. The zero-order chi connectivity index (χ0) is 24.0. The fourth-order valence-electron chi connectivity index (χ4n) is 3.47. The second kappa shape index (κ2) is 10.1. The number of hydrogen-bond acceptors (Lipinski definition) is 7. The molecule has 0 aliphatic heterocycles. The molecule has 0 aliphatic carbocycles. The van der Waals surface area contributed by atoms with Crippen molar-refractivity contribution in [2.45, 2.75) is 31.6 Å². The number of nitrogens with one attached hydrogen (secondary N) is 1. The molecule has 0 saturated carbocycles. The summed E-state index contributed by atoms with van der Waals surface area (Å²) in [5.41, 5.74) is -0.793. The SMILES string of the molecule is COc1ccnc(C(=O)N[C@@H](C)C(=O)O[C@@H](C)C(O)(c2ccccc2)c2ccccc2)c1O. The molecule has 0 unspecified atom stereocenters. The number of pyridine rings is 1. The molecule has 0 spiro atoms. The van der Waals surface area contributed by atoms with E-state index >= 15 is 0 Å². The number of methoxy groups -OCH3 is 1. The molecule has 3 rings (SSSR count). The van der Waals surface area contributed by atoms with Crippen LogP contribution >= 0.6 is 0 Å². The summed E-state index contributed by atoms with van der Waals surface area (Å²) >= 11 is 0. The van der Waals surface area contributed by atoms with Gasteiger partial charge in [-0.15, -0.1) is 0 Å². The van der Waals surface area contributed by atoms with Crippen molar-refractivity contribution in [3.8, 4) is 11.5 Å². The minimum atomic E-state index is -1.62. The molecule has 1 heterocycles. The smallest absolute Gasteiger partial charge is 0.328 e. The fourth-order valence-corrected chi connectivity index (χ4v) is 3.47. The second-order valence-corrected chi connectivity index (χ2v) is 7.48. The summed E-state index contributed by atoms with van der Waals surface area (Å²) in [6.45, 7) is 3.02. The van der Waals surface area contributed by atoms with Crippen LogP contribution in [0.4, 0.5) is 0 Å². The van der Waals surface area contributed by atoms with E-state index in [0.29, 0.717) is 11.1 Å². The van der Waals surface area contributed by atoms with Gasteiger partial charge in [0.1, 0.15) is 12.1 Å². The molecule has 172 valence electrons. The minimum absolute atomic E-state index is 0.0785. The van der Waals surface area contributed by atoms with Gasteiger partial charge in [-0.3, -0.25) is 4.79 Å². The maximum Gasteiger partial charge on any atom is 0.328 e. The van der Waals surface area contributed by atoms with Crippen molar-refractivity contribution in [2.75, 3.05) is 7.11 Å². The lowest BCUT2D eigenvalue weighted by Gasteiger charge is -2.35. The first-order valence-corrected chi connectivity index (χ1v) is 10.4. The van der Waals surface area contributed by atoms with E-state index in [1.54, 1.807) is 55.5 Å². The number of esters is 1. The van der Waals surface area contributed by atoms with Crippen molar-refractivity contribution < 1.29 is 29.3 Å². The molecule has 3 aromatic rings. The van der Waals surface area contributed by atoms with Crippen LogP contribution < -0.4 is 10.1 Å². The Morgan fingerprint density at radius 2 is 1.52 bits per heavy atom. The first kappa shape index (κ1) is 23.7. The number of rotatable bonds is 8. The number of ether oxygens (including phenoxy) is 2. The number of aromatic hydroxyl groups is 1. The number of benzene rings is 2. The Labute approximate surface area is 191 Å². The van der Waals surface area contributed by atoms with Crippen LogP contribution in [0.2, 0.25) is 0 Å². The summed E-state index contributed by atoms with van der Waals surface area (Å²) in [6.07, 6.45) is 0.316. The second-order valence-electron chi connectivity index (χ2n) is 7.48. The lowest BCUT2D eigenvalue weighted by molar-refractivity contribution is -0.162. The Balaban J connectivity index is 1.78. The van der Waals surface area contributed by atoms with Crippen molar-refractivity contribution in [1.29, 1.82) is 0 Å². The molecule has 3 N–H and O–H groups in total. The molecule has 2 atom stereocenters. The number of nitrogens with zero attached hydrogens (tertiary/aromatic N) is 1. The molecule has 0 radical (unpaired) electrons. The van der Waals surface area contributed by atoms with E-state index in [1.165, 1.54) is 26.3 Å². The van der Waals surface area contributed by atoms with Gasteiger partial charge in [0, 0.05) is 12.3 Å². The van der Waals surface area contributed by atoms with Crippen molar-refractivity contribution in [1.82, 2.24) is 10.3 Å². The predicted molar refractivity (Wildman–Crippen MR) is 121 cm³/mol. The number of aromatic nitrogens is 1. The summed E-state index contributed by atoms with van der Waals surface area (Å²) in [7, 11) is 1.35. The number of carbonyl (C=O) groups excluding carboxylic acids is 2. The van der Waals surface area contributed by atoms with Crippen LogP contribution in [-0.4, -0.2) is 46.3 Å². The molecule has 8 heteroatoms. The normalized spacial score (nSPS) is 13.0. The van der Waals surface area contributed by atoms with Gasteiger partial charge in [0.2, 0.25) is 0 Å². The van der Waals surface area contributed by atoms with E-state index in [-0.39, 0.29) is 11.4 Å². The molecular formula is C25H26N2O6. The molecular weight excluding hydrogens is 424 g/mol. The van der Waals surface area contributed by atoms with Crippen LogP contribution in [0.25, 0.3) is 0 Å². The van der Waals surface area contributed by atoms with Gasteiger partial charge in [-0.1, -0.05) is 60.7 Å². The Hall–Kier alpha value is -3.91. The molecule has 0 saturated heterocycles. The Bertz CT molecular complexity index is 1060. The van der Waals surface area contributed by atoms with E-state index in [2.05, 4.69) is 10.3 Å². The van der Waals surface area contributed by atoms with Crippen LogP contribution in [0.1, 0.15) is 35.5 Å². The van der Waals surface area contributed by atoms with E-state index in [1.807, 2.05) is 12.1 Å². The molecule has 0 bridgehead atoms. The quantitative estimate of drug-likeness (QED) is 0.452. The van der Waals surface area contributed by atoms with Crippen molar-refractivity contribution in [3.05, 3.63) is 89.7 Å². The summed E-state index contributed by atoms with van der Waals surface area (Å²) in [6, 6.07) is 18.1. The zero-order valence-corrected chi connectivity index (χ0v) is 18.6. The Morgan fingerprint density at radius 3 is 2.03 bits per heavy atom. The number of amides is 1. The standard InChI is InChI=1S/C25H26N2O6/c1-16(27-23(29)21-22(28)20(32-3)14-15-26-21)24(30)33-17(2)25(31,18-10-6-4-7-11-18)19-12-8-5-9-13-19/h4-17,28,31H,1-3H3,(H,27,29)/t16-,17-/m0/s1. The first-order valence-electron chi connectivity index (χ1n) is 10.4. The number of aliphatic hydroxyl groups is 1. The van der Waals surface area contributed by atoms with Crippen LogP contribution in [0.5, 0.6) is 11.5 Å². The molecule has 1 amide bonds. The highest BCUT2D eigenvalue weighted by Gasteiger charge is 2.40. The molecule has 8 nitrogen and oxygen atoms in total. The average Bonchev–Trinajstić information content (AvgIpc) is 2.84. The van der Waals surface area contributed by atoms with E-state index in [9.17, 15) is 19.8 Å². The summed E-state index contributed by atoms with van der Waals surface area (Å²) in [4.78, 5) is 29.2. The highest BCUT2D eigenvalue weighted by atomic mass is 16.6. The van der Waals surface area contributed by atoms with Crippen LogP contribution in [0, 0.1) is 0 Å². The Morgan fingerprint density at radius 1 is 0.970 bits per heavy atom. The van der Waals surface area contributed by atoms with E-state index in [4.69, 9.17) is 9.47 Å². The molecule has 33 heavy (non-hydrogen) atoms. The lowest BCUT2D eigenvalue weighted by Crippen LogP contribution is -2.46. The van der Waals surface area contributed by atoms with Crippen LogP contribution in [-0.2, 0) is 15.1 Å².